The third-order valence-corrected chi connectivity index (χ3v) is 5.51. The van der Waals surface area contributed by atoms with Gasteiger partial charge in [-0.25, -0.2) is 0 Å². The van der Waals surface area contributed by atoms with Crippen LogP contribution in [-0.2, 0) is 25.8 Å². The number of hydrogen-bond donors (Lipinski definition) is 2. The van der Waals surface area contributed by atoms with Gasteiger partial charge in [0.2, 0.25) is 0 Å². The van der Waals surface area contributed by atoms with E-state index in [1.165, 1.54) is 39.8 Å². The highest BCUT2D eigenvalue weighted by Gasteiger charge is 2.24. The highest BCUT2D eigenvalue weighted by Crippen LogP contribution is 2.25. The summed E-state index contributed by atoms with van der Waals surface area (Å²) >= 11 is 0. The molecule has 0 amide bonds. The van der Waals surface area contributed by atoms with Gasteiger partial charge in [-0.3, -0.25) is 10.00 Å². The molecule has 0 aliphatic carbocycles. The number of aromatic nitrogens is 3. The van der Waals surface area contributed by atoms with Gasteiger partial charge in [0.05, 0.1) is 5.69 Å². The van der Waals surface area contributed by atoms with Gasteiger partial charge in [-0.1, -0.05) is 25.1 Å². The maximum absolute atomic E-state index is 4.48. The first kappa shape index (κ1) is 15.5. The van der Waals surface area contributed by atoms with Gasteiger partial charge in [-0.15, -0.1) is 0 Å². The maximum Gasteiger partial charge on any atom is 0.0667 e. The molecule has 4 rings (SSSR count). The number of nitrogens with zero attached hydrogens (tertiary/aromatic N) is 2. The number of nitrogens with one attached hydrogen (secondary N) is 2. The summed E-state index contributed by atoms with van der Waals surface area (Å²) in [5.41, 5.74) is 6.73. The van der Waals surface area contributed by atoms with E-state index < -0.39 is 0 Å². The number of rotatable bonds is 5. The zero-order valence-electron chi connectivity index (χ0n) is 14.6. The number of hydrogen-bond acceptors (Lipinski definition) is 2. The predicted octanol–water partition coefficient (Wildman–Crippen LogP) is 3.83. The molecule has 24 heavy (non-hydrogen) atoms. The second-order valence-corrected chi connectivity index (χ2v) is 6.95. The van der Waals surface area contributed by atoms with Crippen molar-refractivity contribution in [3.05, 3.63) is 53.0 Å². The van der Waals surface area contributed by atoms with Crippen molar-refractivity contribution < 1.29 is 0 Å². The molecule has 3 heterocycles. The van der Waals surface area contributed by atoms with Gasteiger partial charge < -0.3 is 4.98 Å². The zero-order valence-corrected chi connectivity index (χ0v) is 14.6. The fraction of sp³-hybridized carbons (Fsp3) is 0.450. The highest BCUT2D eigenvalue weighted by molar-refractivity contribution is 5.82. The van der Waals surface area contributed by atoms with E-state index in [4.69, 9.17) is 0 Å². The summed E-state index contributed by atoms with van der Waals surface area (Å²) in [5, 5.41) is 9.07. The van der Waals surface area contributed by atoms with Gasteiger partial charge in [0.15, 0.2) is 0 Å². The number of H-pyrrole nitrogens is 2. The number of aromatic amines is 2. The summed E-state index contributed by atoms with van der Waals surface area (Å²) in [6.45, 7) is 6.73. The molecule has 2 aromatic heterocycles. The Morgan fingerprint density at radius 3 is 3.04 bits per heavy atom. The summed E-state index contributed by atoms with van der Waals surface area (Å²) < 4.78 is 0. The van der Waals surface area contributed by atoms with Crippen LogP contribution in [0.15, 0.2) is 30.5 Å². The van der Waals surface area contributed by atoms with Crippen LogP contribution in [0.3, 0.4) is 0 Å². The van der Waals surface area contributed by atoms with Crippen molar-refractivity contribution in [3.63, 3.8) is 0 Å². The first-order chi connectivity index (χ1) is 11.8. The van der Waals surface area contributed by atoms with Crippen molar-refractivity contribution in [1.82, 2.24) is 20.1 Å². The molecule has 1 aliphatic heterocycles. The molecule has 0 saturated heterocycles. The fourth-order valence-electron chi connectivity index (χ4n) is 3.93. The molecule has 126 valence electrons. The molecule has 0 unspecified atom stereocenters. The molecule has 0 fully saturated rings. The van der Waals surface area contributed by atoms with E-state index in [0.717, 1.165) is 32.4 Å². The van der Waals surface area contributed by atoms with E-state index in [0.29, 0.717) is 6.04 Å². The third-order valence-electron chi connectivity index (χ3n) is 5.51. The average Bonchev–Trinajstić information content (AvgIpc) is 3.22. The molecule has 4 nitrogen and oxygen atoms in total. The van der Waals surface area contributed by atoms with Gasteiger partial charge in [0.1, 0.15) is 0 Å². The summed E-state index contributed by atoms with van der Waals surface area (Å²) in [6, 6.07) is 9.18. The van der Waals surface area contributed by atoms with Crippen LogP contribution in [0.25, 0.3) is 10.9 Å². The van der Waals surface area contributed by atoms with Gasteiger partial charge in [0.25, 0.3) is 0 Å². The third kappa shape index (κ3) is 2.75. The van der Waals surface area contributed by atoms with E-state index in [1.807, 2.05) is 0 Å². The lowest BCUT2D eigenvalue weighted by atomic mass is 9.99. The molecule has 1 aliphatic rings. The van der Waals surface area contributed by atoms with E-state index in [9.17, 15) is 0 Å². The van der Waals surface area contributed by atoms with Gasteiger partial charge >= 0.3 is 0 Å². The lowest BCUT2D eigenvalue weighted by molar-refractivity contribution is 0.181. The molecule has 0 radical (unpaired) electrons. The largest absolute Gasteiger partial charge is 0.361 e. The second-order valence-electron chi connectivity index (χ2n) is 6.95. The minimum absolute atomic E-state index is 0.589. The van der Waals surface area contributed by atoms with Crippen molar-refractivity contribution >= 4 is 10.9 Å². The molecule has 1 atom stereocenters. The number of benzene rings is 1. The molecule has 2 N–H and O–H groups in total. The SMILES string of the molecule is CCc1n[nH]c2c1CN([C@@H](C)CCc1c[nH]c3ccccc13)CC2. The zero-order chi connectivity index (χ0) is 16.5. The van der Waals surface area contributed by atoms with Crippen LogP contribution in [0.4, 0.5) is 0 Å². The van der Waals surface area contributed by atoms with Crippen LogP contribution in [-0.4, -0.2) is 32.7 Å². The Bertz CT molecular complexity index is 816. The Morgan fingerprint density at radius 2 is 2.17 bits per heavy atom. The summed E-state index contributed by atoms with van der Waals surface area (Å²) in [7, 11) is 0. The molecule has 3 aromatic rings. The number of fused-ring (bicyclic) bond motifs is 2. The van der Waals surface area contributed by atoms with Gasteiger partial charge in [0, 0.05) is 53.9 Å². The number of para-hydroxylation sites is 1. The normalized spacial score (nSPS) is 16.4. The lowest BCUT2D eigenvalue weighted by Crippen LogP contribution is -2.38. The van der Waals surface area contributed by atoms with Crippen LogP contribution in [0.1, 0.15) is 42.8 Å². The van der Waals surface area contributed by atoms with Gasteiger partial charge in [-0.2, -0.15) is 5.10 Å². The Hall–Kier alpha value is -2.07. The van der Waals surface area contributed by atoms with E-state index in [2.05, 4.69) is 64.4 Å². The molecule has 0 bridgehead atoms. The molecular weight excluding hydrogens is 296 g/mol. The maximum atomic E-state index is 4.48. The highest BCUT2D eigenvalue weighted by atomic mass is 15.2. The van der Waals surface area contributed by atoms with Crippen LogP contribution in [0.2, 0.25) is 0 Å². The van der Waals surface area contributed by atoms with Crippen LogP contribution >= 0.6 is 0 Å². The predicted molar refractivity (Wildman–Crippen MR) is 98.2 cm³/mol. The van der Waals surface area contributed by atoms with Crippen molar-refractivity contribution in [3.8, 4) is 0 Å². The molecule has 1 aromatic carbocycles. The molecular formula is C20H26N4. The van der Waals surface area contributed by atoms with E-state index in [1.54, 1.807) is 0 Å². The van der Waals surface area contributed by atoms with Crippen LogP contribution in [0.5, 0.6) is 0 Å². The smallest absolute Gasteiger partial charge is 0.0667 e. The minimum atomic E-state index is 0.589. The Kier molecular flexibility index (Phi) is 4.15. The quantitative estimate of drug-likeness (QED) is 0.750. The Labute approximate surface area is 143 Å². The Balaban J connectivity index is 1.42. The van der Waals surface area contributed by atoms with Crippen LogP contribution in [0, 0.1) is 0 Å². The first-order valence-electron chi connectivity index (χ1n) is 9.10. The molecule has 0 spiro atoms. The lowest BCUT2D eigenvalue weighted by Gasteiger charge is -2.32. The first-order valence-corrected chi connectivity index (χ1v) is 9.10. The fourth-order valence-corrected chi connectivity index (χ4v) is 3.93. The van der Waals surface area contributed by atoms with E-state index >= 15 is 0 Å². The average molecular weight is 322 g/mol. The van der Waals surface area contributed by atoms with E-state index in [-0.39, 0.29) is 0 Å². The minimum Gasteiger partial charge on any atom is -0.361 e. The van der Waals surface area contributed by atoms with Crippen molar-refractivity contribution in [2.75, 3.05) is 6.54 Å². The topological polar surface area (TPSA) is 47.7 Å². The standard InChI is InChI=1S/C20H26N4/c1-3-18-17-13-24(11-10-20(17)23-22-18)14(2)8-9-15-12-21-19-7-5-4-6-16(15)19/h4-7,12,14,21H,3,8-11,13H2,1-2H3,(H,22,23)/t14-/m0/s1. The summed E-state index contributed by atoms with van der Waals surface area (Å²) in [5.74, 6) is 0. The van der Waals surface area contributed by atoms with Crippen LogP contribution < -0.4 is 0 Å². The van der Waals surface area contributed by atoms with Crippen molar-refractivity contribution in [2.24, 2.45) is 0 Å². The molecule has 0 saturated carbocycles. The Morgan fingerprint density at radius 1 is 1.29 bits per heavy atom. The van der Waals surface area contributed by atoms with Crippen molar-refractivity contribution in [2.45, 2.75) is 52.1 Å². The second kappa shape index (κ2) is 6.44. The monoisotopic (exact) mass is 322 g/mol. The van der Waals surface area contributed by atoms with Crippen molar-refractivity contribution in [1.29, 1.82) is 0 Å². The van der Waals surface area contributed by atoms with Gasteiger partial charge in [-0.05, 0) is 37.8 Å². The number of aryl methyl sites for hydroxylation is 2. The summed E-state index contributed by atoms with van der Waals surface area (Å²) in [6.07, 6.45) is 6.61. The summed E-state index contributed by atoms with van der Waals surface area (Å²) in [4.78, 5) is 6.01. The molecule has 4 heteroatoms.